The van der Waals surface area contributed by atoms with Crippen LogP contribution in [-0.2, 0) is 37.1 Å². The van der Waals surface area contributed by atoms with Crippen LogP contribution in [-0.4, -0.2) is 43.8 Å². The number of hydrogen-bond donors (Lipinski definition) is 1. The van der Waals surface area contributed by atoms with E-state index in [0.29, 0.717) is 38.7 Å². The molecule has 2 fully saturated rings. The van der Waals surface area contributed by atoms with Gasteiger partial charge < -0.3 is 26.1 Å². The van der Waals surface area contributed by atoms with E-state index in [-0.39, 0.29) is 37.6 Å². The van der Waals surface area contributed by atoms with E-state index in [2.05, 4.69) is 4.85 Å². The van der Waals surface area contributed by atoms with Crippen molar-refractivity contribution in [2.45, 2.75) is 18.1 Å². The Kier molecular flexibility index (Phi) is 11.8. The topological polar surface area (TPSA) is 67.3 Å². The van der Waals surface area contributed by atoms with Crippen molar-refractivity contribution in [1.29, 1.82) is 0 Å². The van der Waals surface area contributed by atoms with Crippen molar-refractivity contribution in [3.8, 4) is 0 Å². The zero-order valence-electron chi connectivity index (χ0n) is 23.1. The van der Waals surface area contributed by atoms with Crippen molar-refractivity contribution >= 4 is 23.0 Å². The average molecular weight is 545 g/mol. The molecule has 4 aromatic carbocycles. The maximum absolute atomic E-state index is 7.00. The van der Waals surface area contributed by atoms with Crippen LogP contribution in [0.4, 0.5) is 5.69 Å². The third kappa shape index (κ3) is 6.60. The van der Waals surface area contributed by atoms with E-state index < -0.39 is 11.6 Å². The predicted octanol–water partition coefficient (Wildman–Crippen LogP) is 1.81. The Hall–Kier alpha value is -2.70. The van der Waals surface area contributed by atoms with Gasteiger partial charge in [0.05, 0.1) is 33.0 Å². The molecule has 0 unspecified atom stereocenters. The summed E-state index contributed by atoms with van der Waals surface area (Å²) >= 11 is 0. The van der Waals surface area contributed by atoms with Crippen molar-refractivity contribution in [2.75, 3.05) is 26.4 Å². The molecule has 6 nitrogen and oxygen atoms in total. The molecule has 0 bridgehead atoms. The molecule has 2 aliphatic rings. The van der Waals surface area contributed by atoms with Gasteiger partial charge in [-0.25, -0.2) is 4.85 Å². The molecule has 0 spiro atoms. The van der Waals surface area contributed by atoms with E-state index in [1.165, 1.54) is 0 Å². The van der Waals surface area contributed by atoms with E-state index in [9.17, 15) is 0 Å². The molecule has 2 aliphatic heterocycles. The fraction of sp³-hybridized carbons (Fsp3) is 0.219. The van der Waals surface area contributed by atoms with Crippen LogP contribution in [0.3, 0.4) is 0 Å². The van der Waals surface area contributed by atoms with E-state index in [0.717, 1.165) is 27.8 Å². The normalized spacial score (nSPS) is 16.4. The van der Waals surface area contributed by atoms with Crippen LogP contribution >= 0.6 is 0 Å². The molecule has 6 rings (SSSR count). The molecule has 200 valence electrons. The Labute approximate surface area is 260 Å². The zero-order valence-corrected chi connectivity index (χ0v) is 22.1. The number of benzene rings is 4. The molecule has 40 heavy (non-hydrogen) atoms. The minimum atomic E-state index is -0.832. The van der Waals surface area contributed by atoms with Gasteiger partial charge in [-0.2, -0.15) is 0 Å². The van der Waals surface area contributed by atoms with Gasteiger partial charge in [0.1, 0.15) is 0 Å². The molecule has 0 atom stereocenters. The van der Waals surface area contributed by atoms with Gasteiger partial charge in [-0.3, -0.25) is 0 Å². The van der Waals surface area contributed by atoms with Gasteiger partial charge in [-0.15, -0.1) is 0 Å². The fourth-order valence-corrected chi connectivity index (χ4v) is 4.76. The fourth-order valence-electron chi connectivity index (χ4n) is 4.76. The second kappa shape index (κ2) is 14.8. The predicted molar refractivity (Wildman–Crippen MR) is 156 cm³/mol. The van der Waals surface area contributed by atoms with Gasteiger partial charge in [0.25, 0.3) is 0 Å². The summed E-state index contributed by atoms with van der Waals surface area (Å²) in [4.78, 5) is 3.40. The number of ether oxygens (including phenoxy) is 4. The molecule has 0 saturated carbocycles. The summed E-state index contributed by atoms with van der Waals surface area (Å²) in [7, 11) is 0. The minimum absolute atomic E-state index is 0. The van der Waals surface area contributed by atoms with Crippen molar-refractivity contribution < 1.29 is 39.2 Å². The van der Waals surface area contributed by atoms with Gasteiger partial charge in [0.15, 0.2) is 23.0 Å². The number of nitrogens with zero attached hydrogens (tertiary/aromatic N) is 1. The molecule has 2 heterocycles. The van der Waals surface area contributed by atoms with E-state index in [1.807, 2.05) is 97.1 Å². The molecule has 0 aromatic heterocycles. The Morgan fingerprint density at radius 2 is 0.950 bits per heavy atom. The van der Waals surface area contributed by atoms with Gasteiger partial charge >= 0.3 is 18.9 Å². The second-order valence-corrected chi connectivity index (χ2v) is 8.92. The molecule has 2 N–H and O–H groups in total. The summed E-state index contributed by atoms with van der Waals surface area (Å²) in [5.74, 6) is -1.60. The Morgan fingerprint density at radius 1 is 0.600 bits per heavy atom. The van der Waals surface area contributed by atoms with Crippen LogP contribution in [0.5, 0.6) is 0 Å². The van der Waals surface area contributed by atoms with Crippen molar-refractivity contribution in [2.24, 2.45) is 5.73 Å². The first-order valence-electron chi connectivity index (χ1n) is 12.6. The quantitative estimate of drug-likeness (QED) is 0.307. The van der Waals surface area contributed by atoms with E-state index >= 15 is 0 Å². The second-order valence-electron chi connectivity index (χ2n) is 8.92. The van der Waals surface area contributed by atoms with Crippen molar-refractivity contribution in [3.63, 3.8) is 0 Å². The van der Waals surface area contributed by atoms with E-state index in [4.69, 9.17) is 31.3 Å². The van der Waals surface area contributed by atoms with Crippen LogP contribution < -0.4 is 24.6 Å². The standard InChI is InChI=1S/C16H13NO2.C16H17NO2.Al.Li.4H/c1-17-15-9-7-14(8-10-15)16(18-11-12-19-16)13-5-3-2-4-6-13;17-12-13-6-8-15(9-7-13)16(18-10-11-19-16)14-4-2-1-3-5-14;;;;;;/h2-10H,11-12H2;1-9H,10-12,17H2;;;;;;/q;;;+1;;;;-1. The largest absolute Gasteiger partial charge is 1.00 e. The molecule has 0 radical (unpaired) electrons. The first-order chi connectivity index (χ1) is 18.7. The summed E-state index contributed by atoms with van der Waals surface area (Å²) in [6.45, 7) is 9.89. The van der Waals surface area contributed by atoms with Crippen LogP contribution in [0.2, 0.25) is 0 Å². The molecule has 4 aromatic rings. The third-order valence-electron chi connectivity index (χ3n) is 6.64. The summed E-state index contributed by atoms with van der Waals surface area (Å²) in [5, 5.41) is 0. The van der Waals surface area contributed by atoms with Gasteiger partial charge in [-0.1, -0.05) is 109 Å². The summed E-state index contributed by atoms with van der Waals surface area (Å²) in [5.41, 5.74) is 11.3. The number of rotatable bonds is 5. The van der Waals surface area contributed by atoms with Crippen LogP contribution in [0.15, 0.2) is 109 Å². The van der Waals surface area contributed by atoms with Crippen molar-refractivity contribution in [1.82, 2.24) is 0 Å². The van der Waals surface area contributed by atoms with E-state index in [1.54, 1.807) is 12.1 Å². The van der Waals surface area contributed by atoms with Gasteiger partial charge in [0, 0.05) is 28.8 Å². The Balaban J connectivity index is 0.000000267. The third-order valence-corrected chi connectivity index (χ3v) is 6.64. The van der Waals surface area contributed by atoms with Crippen molar-refractivity contribution in [3.05, 3.63) is 148 Å². The summed E-state index contributed by atoms with van der Waals surface area (Å²) < 4.78 is 23.6. The molecule has 2 saturated heterocycles. The van der Waals surface area contributed by atoms with Gasteiger partial charge in [0.2, 0.25) is 11.6 Å². The maximum Gasteiger partial charge on any atom is 1.00 e. The monoisotopic (exact) mass is 544 g/mol. The van der Waals surface area contributed by atoms with Gasteiger partial charge in [-0.05, 0) is 5.56 Å². The first-order valence-corrected chi connectivity index (χ1v) is 12.6. The molecular weight excluding hydrogens is 510 g/mol. The number of hydrogen-bond acceptors (Lipinski definition) is 5. The molecular formula is C32H34AlLiN2O4. The molecule has 0 aliphatic carbocycles. The molecule has 0 amide bonds. The Morgan fingerprint density at radius 3 is 1.30 bits per heavy atom. The minimum Gasteiger partial charge on any atom is -1.00 e. The first kappa shape index (κ1) is 31.8. The SMILES string of the molecule is NCc1ccc(C2(c3ccccc3)OCCO2)cc1.[AlH3].[C-]#[N+]c1ccc(C2(c3ccccc3)OCCO2)cc1.[H-].[Li+]. The number of nitrogens with two attached hydrogens (primary N) is 1. The average Bonchev–Trinajstić information content (AvgIpc) is 3.71. The maximum atomic E-state index is 7.00. The smallest absolute Gasteiger partial charge is 1.00 e. The summed E-state index contributed by atoms with van der Waals surface area (Å²) in [6, 6.07) is 35.4. The van der Waals surface area contributed by atoms with Crippen LogP contribution in [0.1, 0.15) is 29.2 Å². The van der Waals surface area contributed by atoms with Crippen LogP contribution in [0.25, 0.3) is 4.85 Å². The molecule has 8 heteroatoms. The zero-order chi connectivity index (χ0) is 26.3. The van der Waals surface area contributed by atoms with Crippen LogP contribution in [0, 0.1) is 6.57 Å². The Bertz CT molecular complexity index is 1360. The summed E-state index contributed by atoms with van der Waals surface area (Å²) in [6.07, 6.45) is 0.